The van der Waals surface area contributed by atoms with E-state index in [2.05, 4.69) is 10.3 Å². The molecule has 8 nitrogen and oxygen atoms in total. The normalized spacial score (nSPS) is 13.3. The maximum atomic E-state index is 12.0. The molecule has 2 rings (SSSR count). The molecule has 1 aromatic rings. The molecule has 1 fully saturated rings. The molecule has 0 aliphatic heterocycles. The molecule has 2 amide bonds. The van der Waals surface area contributed by atoms with Crippen LogP contribution in [0.5, 0.6) is 0 Å². The molecule has 1 aliphatic rings. The van der Waals surface area contributed by atoms with Crippen molar-refractivity contribution in [3.05, 3.63) is 20.9 Å². The fourth-order valence-corrected chi connectivity index (χ4v) is 2.36. The SMILES string of the molecule is CN(CC(=O)NC1CC1)C(=O)COC(=O)c1nc(Cl)c(Cl)c(N)c1Cl. The van der Waals surface area contributed by atoms with Crippen LogP contribution in [0, 0.1) is 0 Å². The smallest absolute Gasteiger partial charge is 0.359 e. The minimum Gasteiger partial charge on any atom is -0.451 e. The number of hydrogen-bond donors (Lipinski definition) is 2. The lowest BCUT2D eigenvalue weighted by Crippen LogP contribution is -2.40. The van der Waals surface area contributed by atoms with E-state index in [0.717, 1.165) is 17.7 Å². The Bertz CT molecular complexity index is 725. The Balaban J connectivity index is 1.90. The molecule has 0 aromatic carbocycles. The van der Waals surface area contributed by atoms with E-state index >= 15 is 0 Å². The molecule has 0 atom stereocenters. The molecule has 0 saturated heterocycles. The molecule has 1 heterocycles. The van der Waals surface area contributed by atoms with E-state index in [1.807, 2.05) is 0 Å². The minimum atomic E-state index is -0.987. The lowest BCUT2D eigenvalue weighted by Gasteiger charge is -2.16. The van der Waals surface area contributed by atoms with Gasteiger partial charge in [0.05, 0.1) is 17.3 Å². The van der Waals surface area contributed by atoms with Gasteiger partial charge >= 0.3 is 5.97 Å². The fourth-order valence-electron chi connectivity index (χ4n) is 1.78. The second kappa shape index (κ2) is 8.07. The van der Waals surface area contributed by atoms with Gasteiger partial charge in [-0.05, 0) is 12.8 Å². The Morgan fingerprint density at radius 2 is 1.92 bits per heavy atom. The molecule has 1 saturated carbocycles. The summed E-state index contributed by atoms with van der Waals surface area (Å²) in [7, 11) is 1.42. The standard InChI is InChI=1S/C14H15Cl3N4O4/c1-21(4-7(22)19-6-2-3-6)8(23)5-25-14(24)12-9(15)11(18)10(16)13(17)20-12/h6H,2-5H2,1H3,(H2,18,20)(H,19,22). The third kappa shape index (κ3) is 5.10. The van der Waals surface area contributed by atoms with Crippen LogP contribution >= 0.6 is 34.8 Å². The summed E-state index contributed by atoms with van der Waals surface area (Å²) in [5.41, 5.74) is 5.14. The van der Waals surface area contributed by atoms with E-state index in [4.69, 9.17) is 45.3 Å². The Morgan fingerprint density at radius 1 is 1.28 bits per heavy atom. The average molecular weight is 410 g/mol. The van der Waals surface area contributed by atoms with Crippen LogP contribution in [0.25, 0.3) is 0 Å². The topological polar surface area (TPSA) is 115 Å². The maximum Gasteiger partial charge on any atom is 0.359 e. The molecule has 0 radical (unpaired) electrons. The highest BCUT2D eigenvalue weighted by atomic mass is 35.5. The van der Waals surface area contributed by atoms with Crippen molar-refractivity contribution in [2.24, 2.45) is 0 Å². The number of nitrogen functional groups attached to an aromatic ring is 1. The van der Waals surface area contributed by atoms with E-state index in [0.29, 0.717) is 0 Å². The maximum absolute atomic E-state index is 12.0. The van der Waals surface area contributed by atoms with Crippen molar-refractivity contribution in [3.63, 3.8) is 0 Å². The van der Waals surface area contributed by atoms with Gasteiger partial charge in [0.15, 0.2) is 17.5 Å². The van der Waals surface area contributed by atoms with Gasteiger partial charge in [0.2, 0.25) is 5.91 Å². The number of amides is 2. The van der Waals surface area contributed by atoms with E-state index in [9.17, 15) is 14.4 Å². The van der Waals surface area contributed by atoms with E-state index in [-0.39, 0.29) is 45.1 Å². The van der Waals surface area contributed by atoms with Crippen LogP contribution in [0.3, 0.4) is 0 Å². The molecule has 25 heavy (non-hydrogen) atoms. The summed E-state index contributed by atoms with van der Waals surface area (Å²) in [5, 5.41) is 2.23. The van der Waals surface area contributed by atoms with Gasteiger partial charge < -0.3 is 20.7 Å². The Kier molecular flexibility index (Phi) is 6.31. The van der Waals surface area contributed by atoms with Crippen LogP contribution in [0.1, 0.15) is 23.3 Å². The zero-order valence-corrected chi connectivity index (χ0v) is 15.4. The number of rotatable bonds is 6. The monoisotopic (exact) mass is 408 g/mol. The molecule has 0 spiro atoms. The van der Waals surface area contributed by atoms with Crippen LogP contribution in [-0.2, 0) is 14.3 Å². The van der Waals surface area contributed by atoms with Crippen LogP contribution in [0.15, 0.2) is 0 Å². The highest BCUT2D eigenvalue weighted by Gasteiger charge is 2.25. The number of halogens is 3. The summed E-state index contributed by atoms with van der Waals surface area (Å²) in [4.78, 5) is 40.4. The van der Waals surface area contributed by atoms with Gasteiger partial charge in [-0.15, -0.1) is 0 Å². The molecular weight excluding hydrogens is 395 g/mol. The summed E-state index contributed by atoms with van der Waals surface area (Å²) < 4.78 is 4.85. The van der Waals surface area contributed by atoms with E-state index in [1.165, 1.54) is 7.05 Å². The van der Waals surface area contributed by atoms with Gasteiger partial charge in [0.1, 0.15) is 5.02 Å². The number of esters is 1. The minimum absolute atomic E-state index is 0.0827. The number of nitrogens with two attached hydrogens (primary N) is 1. The van der Waals surface area contributed by atoms with Crippen LogP contribution in [0.4, 0.5) is 5.69 Å². The van der Waals surface area contributed by atoms with Crippen molar-refractivity contribution in [3.8, 4) is 0 Å². The van der Waals surface area contributed by atoms with Crippen molar-refractivity contribution in [2.75, 3.05) is 25.9 Å². The number of ether oxygens (including phenoxy) is 1. The predicted octanol–water partition coefficient (Wildman–Crippen LogP) is 1.52. The molecule has 1 aromatic heterocycles. The molecule has 0 bridgehead atoms. The molecular formula is C14H15Cl3N4O4. The zero-order valence-electron chi connectivity index (χ0n) is 13.1. The van der Waals surface area contributed by atoms with E-state index < -0.39 is 18.5 Å². The second-order valence-electron chi connectivity index (χ2n) is 5.46. The van der Waals surface area contributed by atoms with E-state index in [1.54, 1.807) is 0 Å². The quantitative estimate of drug-likeness (QED) is 0.544. The summed E-state index contributed by atoms with van der Waals surface area (Å²) in [6, 6.07) is 0.196. The number of carbonyl (C=O) groups excluding carboxylic acids is 3. The molecule has 0 unspecified atom stereocenters. The van der Waals surface area contributed by atoms with Crippen molar-refractivity contribution in [1.29, 1.82) is 0 Å². The fraction of sp³-hybridized carbons (Fsp3) is 0.429. The van der Waals surface area contributed by atoms with Gasteiger partial charge in [-0.2, -0.15) is 0 Å². The van der Waals surface area contributed by atoms with Crippen LogP contribution in [0.2, 0.25) is 15.2 Å². The first-order valence-corrected chi connectivity index (χ1v) is 8.34. The predicted molar refractivity (Wildman–Crippen MR) is 92.8 cm³/mol. The molecule has 136 valence electrons. The Labute approximate surface area is 158 Å². The lowest BCUT2D eigenvalue weighted by atomic mass is 10.3. The third-order valence-corrected chi connectivity index (χ3v) is 4.48. The van der Waals surface area contributed by atoms with Crippen molar-refractivity contribution >= 4 is 58.3 Å². The Hall–Kier alpha value is -1.77. The number of nitrogens with zero attached hydrogens (tertiary/aromatic N) is 2. The van der Waals surface area contributed by atoms with Gasteiger partial charge in [0, 0.05) is 13.1 Å². The van der Waals surface area contributed by atoms with Crippen molar-refractivity contribution in [1.82, 2.24) is 15.2 Å². The van der Waals surface area contributed by atoms with Gasteiger partial charge in [-0.25, -0.2) is 9.78 Å². The summed E-state index contributed by atoms with van der Waals surface area (Å²) in [5.74, 6) is -1.82. The van der Waals surface area contributed by atoms with Crippen LogP contribution < -0.4 is 11.1 Å². The number of hydrogen-bond acceptors (Lipinski definition) is 6. The largest absolute Gasteiger partial charge is 0.451 e. The molecule has 1 aliphatic carbocycles. The zero-order chi connectivity index (χ0) is 18.7. The summed E-state index contributed by atoms with van der Waals surface area (Å²) in [6.45, 7) is -0.726. The highest BCUT2D eigenvalue weighted by molar-refractivity contribution is 6.46. The number of nitrogens with one attached hydrogen (secondary N) is 1. The van der Waals surface area contributed by atoms with Crippen molar-refractivity contribution in [2.45, 2.75) is 18.9 Å². The number of anilines is 1. The summed E-state index contributed by atoms with van der Waals surface area (Å²) in [6.07, 6.45) is 1.89. The van der Waals surface area contributed by atoms with Crippen LogP contribution in [-0.4, -0.2) is 53.9 Å². The first-order chi connectivity index (χ1) is 11.7. The molecule has 11 heteroatoms. The average Bonchev–Trinajstić information content (AvgIpc) is 3.37. The Morgan fingerprint density at radius 3 is 2.52 bits per heavy atom. The van der Waals surface area contributed by atoms with Gasteiger partial charge in [-0.3, -0.25) is 9.59 Å². The highest BCUT2D eigenvalue weighted by Crippen LogP contribution is 2.34. The lowest BCUT2D eigenvalue weighted by molar-refractivity contribution is -0.137. The number of pyridine rings is 1. The molecule has 3 N–H and O–H groups in total. The number of aromatic nitrogens is 1. The summed E-state index contributed by atoms with van der Waals surface area (Å²) >= 11 is 17.4. The number of carbonyl (C=O) groups is 3. The first kappa shape index (κ1) is 19.6. The number of likely N-dealkylation sites (N-methyl/N-ethyl adjacent to an activating group) is 1. The van der Waals surface area contributed by atoms with Gasteiger partial charge in [-0.1, -0.05) is 34.8 Å². The van der Waals surface area contributed by atoms with Crippen molar-refractivity contribution < 1.29 is 19.1 Å². The first-order valence-electron chi connectivity index (χ1n) is 7.21. The second-order valence-corrected chi connectivity index (χ2v) is 6.57. The third-order valence-electron chi connectivity index (χ3n) is 3.34. The van der Waals surface area contributed by atoms with Gasteiger partial charge in [0.25, 0.3) is 5.91 Å².